The highest BCUT2D eigenvalue weighted by atomic mass is 16.3. The van der Waals surface area contributed by atoms with E-state index in [0.717, 1.165) is 12.8 Å². The van der Waals surface area contributed by atoms with Crippen LogP contribution in [0.1, 0.15) is 25.6 Å². The van der Waals surface area contributed by atoms with Crippen LogP contribution in [-0.2, 0) is 12.6 Å². The minimum absolute atomic E-state index is 0.603. The van der Waals surface area contributed by atoms with E-state index in [9.17, 15) is 5.11 Å². The molecular formula is C8H13N3O. The second-order valence-corrected chi connectivity index (χ2v) is 3.75. The first-order valence-electron chi connectivity index (χ1n) is 4.19. The zero-order chi connectivity index (χ0) is 8.77. The summed E-state index contributed by atoms with van der Waals surface area (Å²) in [4.78, 5) is 4.05. The van der Waals surface area contributed by atoms with Crippen molar-refractivity contribution in [2.45, 2.75) is 25.4 Å². The molecule has 2 rings (SSSR count). The lowest BCUT2D eigenvalue weighted by Gasteiger charge is -2.40. The fourth-order valence-electron chi connectivity index (χ4n) is 1.99. The first-order chi connectivity index (χ1) is 5.62. The highest BCUT2D eigenvalue weighted by Crippen LogP contribution is 2.43. The Morgan fingerprint density at radius 3 is 2.75 bits per heavy atom. The van der Waals surface area contributed by atoms with Gasteiger partial charge in [-0.1, -0.05) is 6.92 Å². The zero-order valence-corrected chi connectivity index (χ0v) is 7.36. The average Bonchev–Trinajstić information content (AvgIpc) is 2.32. The quantitative estimate of drug-likeness (QED) is 0.660. The van der Waals surface area contributed by atoms with E-state index in [2.05, 4.69) is 17.0 Å². The molecule has 0 radical (unpaired) electrons. The third kappa shape index (κ3) is 0.948. The molecule has 1 aromatic heterocycles. The van der Waals surface area contributed by atoms with Crippen LogP contribution in [-0.4, -0.2) is 19.9 Å². The van der Waals surface area contributed by atoms with Crippen molar-refractivity contribution < 1.29 is 5.11 Å². The summed E-state index contributed by atoms with van der Waals surface area (Å²) in [5.74, 6) is 1.30. The molecular weight excluding hydrogens is 154 g/mol. The number of aromatic nitrogens is 3. The normalized spacial score (nSPS) is 34.8. The maximum atomic E-state index is 10.00. The lowest BCUT2D eigenvalue weighted by atomic mass is 9.71. The van der Waals surface area contributed by atoms with Gasteiger partial charge in [0.1, 0.15) is 11.9 Å². The zero-order valence-electron chi connectivity index (χ0n) is 7.36. The highest BCUT2D eigenvalue weighted by molar-refractivity contribution is 5.07. The van der Waals surface area contributed by atoms with Crippen LogP contribution in [0.5, 0.6) is 0 Å². The Labute approximate surface area is 71.2 Å². The van der Waals surface area contributed by atoms with Crippen molar-refractivity contribution in [1.29, 1.82) is 0 Å². The predicted octanol–water partition coefficient (Wildman–Crippen LogP) is 0.433. The minimum atomic E-state index is -0.704. The Bertz CT molecular complexity index is 288. The van der Waals surface area contributed by atoms with Crippen molar-refractivity contribution in [3.05, 3.63) is 12.2 Å². The summed E-state index contributed by atoms with van der Waals surface area (Å²) in [6, 6.07) is 0. The highest BCUT2D eigenvalue weighted by Gasteiger charge is 2.44. The number of aryl methyl sites for hydroxylation is 1. The fraction of sp³-hybridized carbons (Fsp3) is 0.750. The predicted molar refractivity (Wildman–Crippen MR) is 43.3 cm³/mol. The lowest BCUT2D eigenvalue weighted by Crippen LogP contribution is -2.42. The maximum absolute atomic E-state index is 10.00. The van der Waals surface area contributed by atoms with Gasteiger partial charge in [0.25, 0.3) is 0 Å². The third-order valence-corrected chi connectivity index (χ3v) is 2.50. The van der Waals surface area contributed by atoms with Crippen molar-refractivity contribution in [2.75, 3.05) is 0 Å². The molecule has 0 saturated heterocycles. The summed E-state index contributed by atoms with van der Waals surface area (Å²) in [7, 11) is 1.81. The molecule has 0 bridgehead atoms. The van der Waals surface area contributed by atoms with Gasteiger partial charge in [0, 0.05) is 7.05 Å². The Morgan fingerprint density at radius 2 is 2.33 bits per heavy atom. The van der Waals surface area contributed by atoms with Gasteiger partial charge in [-0.25, -0.2) is 4.98 Å². The van der Waals surface area contributed by atoms with E-state index < -0.39 is 5.60 Å². The summed E-state index contributed by atoms with van der Waals surface area (Å²) in [5, 5.41) is 13.9. The van der Waals surface area contributed by atoms with E-state index in [1.54, 1.807) is 4.68 Å². The molecule has 66 valence electrons. The molecule has 0 unspecified atom stereocenters. The van der Waals surface area contributed by atoms with Crippen LogP contribution in [0, 0.1) is 5.92 Å². The third-order valence-electron chi connectivity index (χ3n) is 2.50. The van der Waals surface area contributed by atoms with Crippen molar-refractivity contribution in [3.8, 4) is 0 Å². The van der Waals surface area contributed by atoms with E-state index in [1.807, 2.05) is 7.05 Å². The van der Waals surface area contributed by atoms with Crippen molar-refractivity contribution >= 4 is 0 Å². The molecule has 1 N–H and O–H groups in total. The first kappa shape index (κ1) is 7.73. The van der Waals surface area contributed by atoms with E-state index in [1.165, 1.54) is 6.33 Å². The van der Waals surface area contributed by atoms with Crippen LogP contribution in [0.2, 0.25) is 0 Å². The largest absolute Gasteiger partial charge is 0.382 e. The van der Waals surface area contributed by atoms with Crippen LogP contribution in [0.3, 0.4) is 0 Å². The van der Waals surface area contributed by atoms with E-state index >= 15 is 0 Å². The van der Waals surface area contributed by atoms with Gasteiger partial charge in [-0.05, 0) is 18.8 Å². The van der Waals surface area contributed by atoms with Gasteiger partial charge in [-0.3, -0.25) is 4.68 Å². The number of rotatable bonds is 1. The number of hydrogen-bond donors (Lipinski definition) is 1. The van der Waals surface area contributed by atoms with Gasteiger partial charge in [0.05, 0.1) is 0 Å². The maximum Gasteiger partial charge on any atom is 0.158 e. The molecule has 0 spiro atoms. The molecule has 0 aliphatic heterocycles. The Morgan fingerprint density at radius 1 is 1.67 bits per heavy atom. The van der Waals surface area contributed by atoms with E-state index in [-0.39, 0.29) is 0 Å². The number of hydrogen-bond acceptors (Lipinski definition) is 3. The van der Waals surface area contributed by atoms with Gasteiger partial charge in [-0.2, -0.15) is 5.10 Å². The smallest absolute Gasteiger partial charge is 0.158 e. The molecule has 1 aliphatic rings. The molecule has 0 aromatic carbocycles. The molecule has 0 amide bonds. The summed E-state index contributed by atoms with van der Waals surface area (Å²) in [6.45, 7) is 2.13. The Hall–Kier alpha value is -0.900. The molecule has 4 nitrogen and oxygen atoms in total. The monoisotopic (exact) mass is 167 g/mol. The summed E-state index contributed by atoms with van der Waals surface area (Å²) < 4.78 is 1.64. The second kappa shape index (κ2) is 2.29. The van der Waals surface area contributed by atoms with Crippen LogP contribution < -0.4 is 0 Å². The molecule has 1 fully saturated rings. The van der Waals surface area contributed by atoms with Crippen LogP contribution in [0.25, 0.3) is 0 Å². The summed E-state index contributed by atoms with van der Waals surface area (Å²) in [5.41, 5.74) is -0.704. The topological polar surface area (TPSA) is 50.9 Å². The molecule has 4 heteroatoms. The van der Waals surface area contributed by atoms with E-state index in [0.29, 0.717) is 11.7 Å². The first-order valence-corrected chi connectivity index (χ1v) is 4.19. The van der Waals surface area contributed by atoms with Gasteiger partial charge in [0.2, 0.25) is 0 Å². The molecule has 1 aromatic rings. The van der Waals surface area contributed by atoms with Gasteiger partial charge in [-0.15, -0.1) is 0 Å². The standard InChI is InChI=1S/C8H13N3O/c1-6-3-8(12,4-6)7-9-5-10-11(7)2/h5-6,12H,3-4H2,1-2H3. The van der Waals surface area contributed by atoms with Crippen LogP contribution in [0.4, 0.5) is 0 Å². The number of aliphatic hydroxyl groups is 1. The average molecular weight is 167 g/mol. The lowest BCUT2D eigenvalue weighted by molar-refractivity contribution is -0.0833. The Kier molecular flexibility index (Phi) is 1.48. The minimum Gasteiger partial charge on any atom is -0.382 e. The molecule has 0 atom stereocenters. The fourth-order valence-corrected chi connectivity index (χ4v) is 1.99. The molecule has 1 aliphatic carbocycles. The second-order valence-electron chi connectivity index (χ2n) is 3.75. The SMILES string of the molecule is CC1CC(O)(c2ncnn2C)C1. The van der Waals surface area contributed by atoms with Crippen molar-refractivity contribution in [1.82, 2.24) is 14.8 Å². The number of nitrogens with zero attached hydrogens (tertiary/aromatic N) is 3. The van der Waals surface area contributed by atoms with E-state index in [4.69, 9.17) is 0 Å². The van der Waals surface area contributed by atoms with Gasteiger partial charge < -0.3 is 5.11 Å². The summed E-state index contributed by atoms with van der Waals surface area (Å²) >= 11 is 0. The van der Waals surface area contributed by atoms with Crippen molar-refractivity contribution in [3.63, 3.8) is 0 Å². The molecule has 12 heavy (non-hydrogen) atoms. The Balaban J connectivity index is 2.26. The van der Waals surface area contributed by atoms with Crippen molar-refractivity contribution in [2.24, 2.45) is 13.0 Å². The van der Waals surface area contributed by atoms with Gasteiger partial charge in [0.15, 0.2) is 5.82 Å². The van der Waals surface area contributed by atoms with Crippen LogP contribution >= 0.6 is 0 Å². The molecule has 1 saturated carbocycles. The van der Waals surface area contributed by atoms with Crippen LogP contribution in [0.15, 0.2) is 6.33 Å². The molecule has 1 heterocycles. The summed E-state index contributed by atoms with van der Waals surface area (Å²) in [6.07, 6.45) is 3.09. The van der Waals surface area contributed by atoms with Gasteiger partial charge >= 0.3 is 0 Å².